The van der Waals surface area contributed by atoms with Crippen LogP contribution in [0.1, 0.15) is 31.1 Å². The number of halogens is 3. The number of benzene rings is 1. The molecular formula is C17H20F2INO4. The number of rotatable bonds is 8. The summed E-state index contributed by atoms with van der Waals surface area (Å²) < 4.78 is 32.3. The molecule has 25 heavy (non-hydrogen) atoms. The zero-order chi connectivity index (χ0) is 19.1. The van der Waals surface area contributed by atoms with Gasteiger partial charge in [0.15, 0.2) is 11.7 Å². The molecule has 0 spiro atoms. The highest BCUT2D eigenvalue weighted by Crippen LogP contribution is 2.20. The van der Waals surface area contributed by atoms with Crippen LogP contribution in [0.3, 0.4) is 0 Å². The molecule has 0 saturated carbocycles. The van der Waals surface area contributed by atoms with Crippen molar-refractivity contribution in [2.45, 2.75) is 26.8 Å². The second-order valence-corrected chi connectivity index (χ2v) is 6.79. The molecular weight excluding hydrogens is 447 g/mol. The van der Waals surface area contributed by atoms with Gasteiger partial charge in [-0.05, 0) is 41.5 Å². The van der Waals surface area contributed by atoms with Crippen molar-refractivity contribution in [1.29, 1.82) is 0 Å². The predicted octanol–water partition coefficient (Wildman–Crippen LogP) is 3.02. The van der Waals surface area contributed by atoms with Gasteiger partial charge in [0.2, 0.25) is 0 Å². The van der Waals surface area contributed by atoms with Crippen molar-refractivity contribution in [2.24, 2.45) is 16.8 Å². The molecule has 0 fully saturated rings. The molecule has 0 aliphatic heterocycles. The van der Waals surface area contributed by atoms with E-state index in [9.17, 15) is 23.5 Å². The van der Waals surface area contributed by atoms with E-state index in [1.165, 1.54) is 0 Å². The molecule has 0 bridgehead atoms. The molecule has 0 aliphatic rings. The SMILES string of the molecule is CCOC(=O)C(C=N[C@H](CO)C(C)C)C(=O)c1cc(I)c(F)cc1F. The lowest BCUT2D eigenvalue weighted by Crippen LogP contribution is -2.30. The maximum absolute atomic E-state index is 14.0. The molecule has 138 valence electrons. The Bertz CT molecular complexity index is 664. The van der Waals surface area contributed by atoms with Crippen LogP contribution in [0.4, 0.5) is 8.78 Å². The number of ketones is 1. The number of aliphatic hydroxyl groups excluding tert-OH is 1. The number of ether oxygens (including phenoxy) is 1. The molecule has 1 rings (SSSR count). The topological polar surface area (TPSA) is 76.0 Å². The van der Waals surface area contributed by atoms with E-state index in [1.54, 1.807) is 29.5 Å². The van der Waals surface area contributed by atoms with Crippen molar-refractivity contribution < 1.29 is 28.2 Å². The summed E-state index contributed by atoms with van der Waals surface area (Å²) in [6.45, 7) is 4.99. The zero-order valence-electron chi connectivity index (χ0n) is 14.1. The van der Waals surface area contributed by atoms with Crippen LogP contribution >= 0.6 is 22.6 Å². The van der Waals surface area contributed by atoms with Crippen molar-refractivity contribution in [2.75, 3.05) is 13.2 Å². The summed E-state index contributed by atoms with van der Waals surface area (Å²) in [6, 6.07) is 1.13. The normalized spacial score (nSPS) is 13.9. The highest BCUT2D eigenvalue weighted by atomic mass is 127. The molecule has 0 amide bonds. The molecule has 0 radical (unpaired) electrons. The van der Waals surface area contributed by atoms with Crippen LogP contribution in [-0.4, -0.2) is 42.3 Å². The molecule has 1 N–H and O–H groups in total. The van der Waals surface area contributed by atoms with Gasteiger partial charge >= 0.3 is 5.97 Å². The van der Waals surface area contributed by atoms with E-state index in [1.807, 2.05) is 13.8 Å². The van der Waals surface area contributed by atoms with Crippen molar-refractivity contribution in [3.05, 3.63) is 32.9 Å². The molecule has 1 aromatic rings. The summed E-state index contributed by atoms with van der Waals surface area (Å²) >= 11 is 1.63. The van der Waals surface area contributed by atoms with Gasteiger partial charge in [-0.2, -0.15) is 0 Å². The van der Waals surface area contributed by atoms with Crippen molar-refractivity contribution in [3.63, 3.8) is 0 Å². The van der Waals surface area contributed by atoms with Crippen molar-refractivity contribution in [3.8, 4) is 0 Å². The van der Waals surface area contributed by atoms with Gasteiger partial charge in [0.05, 0.1) is 24.8 Å². The quantitative estimate of drug-likeness (QED) is 0.159. The maximum Gasteiger partial charge on any atom is 0.322 e. The number of nitrogens with zero attached hydrogens (tertiary/aromatic N) is 1. The largest absolute Gasteiger partial charge is 0.465 e. The first-order valence-corrected chi connectivity index (χ1v) is 8.80. The Labute approximate surface area is 158 Å². The second kappa shape index (κ2) is 9.91. The molecule has 8 heteroatoms. The molecule has 0 aliphatic carbocycles. The average molecular weight is 467 g/mol. The van der Waals surface area contributed by atoms with Gasteiger partial charge < -0.3 is 9.84 Å². The van der Waals surface area contributed by atoms with Gasteiger partial charge in [-0.1, -0.05) is 13.8 Å². The number of hydrogen-bond donors (Lipinski definition) is 1. The van der Waals surface area contributed by atoms with Crippen molar-refractivity contribution in [1.82, 2.24) is 0 Å². The van der Waals surface area contributed by atoms with E-state index in [4.69, 9.17) is 4.74 Å². The van der Waals surface area contributed by atoms with Crippen LogP contribution in [0.25, 0.3) is 0 Å². The van der Waals surface area contributed by atoms with Gasteiger partial charge in [-0.3, -0.25) is 14.6 Å². The van der Waals surface area contributed by atoms with E-state index >= 15 is 0 Å². The Kier molecular flexibility index (Phi) is 8.57. The van der Waals surface area contributed by atoms with Crippen LogP contribution in [0.15, 0.2) is 17.1 Å². The third kappa shape index (κ3) is 5.81. The number of aliphatic hydroxyl groups is 1. The minimum Gasteiger partial charge on any atom is -0.465 e. The number of esters is 1. The molecule has 5 nitrogen and oxygen atoms in total. The number of carbonyl (C=O) groups is 2. The summed E-state index contributed by atoms with van der Waals surface area (Å²) in [5.74, 6) is -5.11. The van der Waals surface area contributed by atoms with E-state index in [-0.39, 0.29) is 22.7 Å². The Morgan fingerprint density at radius 1 is 1.32 bits per heavy atom. The fraction of sp³-hybridized carbons (Fsp3) is 0.471. The van der Waals surface area contributed by atoms with E-state index in [0.29, 0.717) is 6.07 Å². The van der Waals surface area contributed by atoms with Crippen LogP contribution < -0.4 is 0 Å². The van der Waals surface area contributed by atoms with Crippen molar-refractivity contribution >= 4 is 40.6 Å². The van der Waals surface area contributed by atoms with Crippen LogP contribution in [0.5, 0.6) is 0 Å². The average Bonchev–Trinajstić information content (AvgIpc) is 2.54. The van der Waals surface area contributed by atoms with Crippen LogP contribution in [0, 0.1) is 27.0 Å². The number of hydrogen-bond acceptors (Lipinski definition) is 5. The number of aliphatic imine (C=N–C) groups is 1. The predicted molar refractivity (Wildman–Crippen MR) is 97.7 cm³/mol. The highest BCUT2D eigenvalue weighted by Gasteiger charge is 2.30. The third-order valence-electron chi connectivity index (χ3n) is 3.48. The zero-order valence-corrected chi connectivity index (χ0v) is 16.3. The van der Waals surface area contributed by atoms with Gasteiger partial charge in [0.1, 0.15) is 11.6 Å². The second-order valence-electron chi connectivity index (χ2n) is 5.63. The Hall–Kier alpha value is -1.42. The summed E-state index contributed by atoms with van der Waals surface area (Å²) in [5.41, 5.74) is -0.416. The van der Waals surface area contributed by atoms with Gasteiger partial charge in [0.25, 0.3) is 0 Å². The number of carbonyl (C=O) groups excluding carboxylic acids is 2. The van der Waals surface area contributed by atoms with E-state index in [2.05, 4.69) is 4.99 Å². The molecule has 1 aromatic carbocycles. The standard InChI is InChI=1S/C17H20F2INO4/c1-4-25-17(24)11(7-21-15(8-22)9(2)3)16(23)10-5-14(20)13(19)6-12(10)18/h5-7,9,11,15,22H,4,8H2,1-3H3/t11?,15-/m1/s1. The van der Waals surface area contributed by atoms with E-state index < -0.39 is 40.9 Å². The lowest BCUT2D eigenvalue weighted by Gasteiger charge is -2.15. The highest BCUT2D eigenvalue weighted by molar-refractivity contribution is 14.1. The number of Topliss-reactive ketones (excluding diaryl/α,β-unsaturated/α-hetero) is 1. The first kappa shape index (κ1) is 21.6. The molecule has 0 heterocycles. The molecule has 1 unspecified atom stereocenters. The minimum atomic E-state index is -1.47. The van der Waals surface area contributed by atoms with Gasteiger partial charge in [-0.25, -0.2) is 8.78 Å². The maximum atomic E-state index is 14.0. The first-order valence-electron chi connectivity index (χ1n) is 7.72. The van der Waals surface area contributed by atoms with Gasteiger partial charge in [-0.15, -0.1) is 0 Å². The third-order valence-corrected chi connectivity index (χ3v) is 4.31. The Morgan fingerprint density at radius 2 is 1.96 bits per heavy atom. The lowest BCUT2D eigenvalue weighted by molar-refractivity contribution is -0.144. The first-order chi connectivity index (χ1) is 11.7. The summed E-state index contributed by atoms with van der Waals surface area (Å²) in [7, 11) is 0. The monoisotopic (exact) mass is 467 g/mol. The molecule has 0 saturated heterocycles. The van der Waals surface area contributed by atoms with E-state index in [0.717, 1.165) is 12.3 Å². The smallest absolute Gasteiger partial charge is 0.322 e. The minimum absolute atomic E-state index is 0.0253. The summed E-state index contributed by atoms with van der Waals surface area (Å²) in [5, 5.41) is 9.30. The molecule has 0 aromatic heterocycles. The van der Waals surface area contributed by atoms with Gasteiger partial charge in [0, 0.05) is 15.9 Å². The Morgan fingerprint density at radius 3 is 2.48 bits per heavy atom. The summed E-state index contributed by atoms with van der Waals surface area (Å²) in [4.78, 5) is 28.8. The Balaban J connectivity index is 3.24. The fourth-order valence-corrected chi connectivity index (χ4v) is 2.44. The van der Waals surface area contributed by atoms with Crippen LogP contribution in [0.2, 0.25) is 0 Å². The molecule has 2 atom stereocenters. The van der Waals surface area contributed by atoms with Crippen LogP contribution in [-0.2, 0) is 9.53 Å². The lowest BCUT2D eigenvalue weighted by atomic mass is 9.97. The summed E-state index contributed by atoms with van der Waals surface area (Å²) in [6.07, 6.45) is 1.07. The fourth-order valence-electron chi connectivity index (χ4n) is 1.97.